The summed E-state index contributed by atoms with van der Waals surface area (Å²) in [6, 6.07) is 0. The van der Waals surface area contributed by atoms with Crippen molar-refractivity contribution in [3.8, 4) is 0 Å². The van der Waals surface area contributed by atoms with Gasteiger partial charge in [0.1, 0.15) is 11.0 Å². The topological polar surface area (TPSA) is 76.9 Å². The van der Waals surface area contributed by atoms with Crippen molar-refractivity contribution < 1.29 is 0 Å². The predicted molar refractivity (Wildman–Crippen MR) is 67.8 cm³/mol. The summed E-state index contributed by atoms with van der Waals surface area (Å²) in [6.07, 6.45) is 1.48. The molecule has 0 bridgehead atoms. The molecule has 1 N–H and O–H groups in total. The number of H-pyrrole nitrogens is 1. The first kappa shape index (κ1) is 11.1. The number of hydrogen-bond acceptors (Lipinski definition) is 3. The van der Waals surface area contributed by atoms with Crippen molar-refractivity contribution >= 4 is 33.6 Å². The molecule has 0 atom stereocenters. The summed E-state index contributed by atoms with van der Waals surface area (Å²) in [6.45, 7) is 0. The molecule has 2 aromatic heterocycles. The van der Waals surface area contributed by atoms with Crippen LogP contribution in [0.4, 0.5) is 0 Å². The highest BCUT2D eigenvalue weighted by molar-refractivity contribution is 14.1. The number of aryl methyl sites for hydroxylation is 1. The van der Waals surface area contributed by atoms with Gasteiger partial charge < -0.3 is 4.98 Å². The molecule has 0 fully saturated rings. The molecule has 2 heterocycles. The van der Waals surface area contributed by atoms with Crippen molar-refractivity contribution in [1.82, 2.24) is 14.1 Å². The maximum absolute atomic E-state index is 11.8. The smallest absolute Gasteiger partial charge is 0.332 e. The van der Waals surface area contributed by atoms with E-state index in [0.717, 1.165) is 4.57 Å². The van der Waals surface area contributed by atoms with Crippen LogP contribution in [0.1, 0.15) is 0 Å². The number of aromatic nitrogens is 3. The molecule has 0 aliphatic rings. The number of nitrogens with zero attached hydrogens (tertiary/aromatic N) is 2. The molecule has 0 saturated carbocycles. The van der Waals surface area contributed by atoms with E-state index < -0.39 is 11.2 Å². The number of halogens is 1. The zero-order chi connectivity index (χ0) is 12.0. The molecule has 16 heavy (non-hydrogen) atoms. The SMILES string of the molecule is Cn1c(=O)c2c(=O)c(I)c[nH]c2n(C)c1=O. The van der Waals surface area contributed by atoms with E-state index in [-0.39, 0.29) is 16.5 Å². The normalized spacial score (nSPS) is 10.9. The van der Waals surface area contributed by atoms with Crippen LogP contribution in [0.2, 0.25) is 0 Å². The summed E-state index contributed by atoms with van der Waals surface area (Å²) >= 11 is 1.84. The van der Waals surface area contributed by atoms with Gasteiger partial charge in [0.25, 0.3) is 5.56 Å². The van der Waals surface area contributed by atoms with E-state index in [2.05, 4.69) is 4.98 Å². The molecule has 0 aliphatic carbocycles. The van der Waals surface area contributed by atoms with E-state index in [1.165, 1.54) is 24.9 Å². The van der Waals surface area contributed by atoms with Crippen LogP contribution in [0.3, 0.4) is 0 Å². The van der Waals surface area contributed by atoms with Crippen LogP contribution in [0, 0.1) is 3.57 Å². The summed E-state index contributed by atoms with van der Waals surface area (Å²) in [7, 11) is 2.86. The van der Waals surface area contributed by atoms with Crippen LogP contribution >= 0.6 is 22.6 Å². The summed E-state index contributed by atoms with van der Waals surface area (Å²) < 4.78 is 2.59. The summed E-state index contributed by atoms with van der Waals surface area (Å²) in [5, 5.41) is 0.0106. The highest BCUT2D eigenvalue weighted by Gasteiger charge is 2.12. The molecule has 0 unspecified atom stereocenters. The highest BCUT2D eigenvalue weighted by Crippen LogP contribution is 2.02. The van der Waals surface area contributed by atoms with Gasteiger partial charge in [0.05, 0.1) is 3.57 Å². The number of rotatable bonds is 0. The summed E-state index contributed by atoms with van der Waals surface area (Å²) in [5.41, 5.74) is -1.14. The van der Waals surface area contributed by atoms with Crippen LogP contribution in [0.15, 0.2) is 20.6 Å². The molecule has 6 nitrogen and oxygen atoms in total. The average Bonchev–Trinajstić information content (AvgIpc) is 2.27. The second-order valence-electron chi connectivity index (χ2n) is 3.40. The first-order valence-electron chi connectivity index (χ1n) is 4.42. The lowest BCUT2D eigenvalue weighted by molar-refractivity contribution is 0.706. The summed E-state index contributed by atoms with van der Waals surface area (Å²) in [4.78, 5) is 38.0. The maximum atomic E-state index is 11.8. The minimum atomic E-state index is -0.571. The van der Waals surface area contributed by atoms with Crippen molar-refractivity contribution in [2.45, 2.75) is 0 Å². The lowest BCUT2D eigenvalue weighted by atomic mass is 10.3. The number of nitrogens with one attached hydrogen (secondary N) is 1. The lowest BCUT2D eigenvalue weighted by Crippen LogP contribution is -2.39. The zero-order valence-corrected chi connectivity index (χ0v) is 10.7. The van der Waals surface area contributed by atoms with Crippen molar-refractivity contribution in [1.29, 1.82) is 0 Å². The zero-order valence-electron chi connectivity index (χ0n) is 8.57. The molecule has 0 saturated heterocycles. The van der Waals surface area contributed by atoms with Gasteiger partial charge in [-0.3, -0.25) is 18.7 Å². The van der Waals surface area contributed by atoms with Crippen LogP contribution in [0.5, 0.6) is 0 Å². The van der Waals surface area contributed by atoms with Gasteiger partial charge in [-0.25, -0.2) is 4.79 Å². The minimum Gasteiger partial charge on any atom is -0.346 e. The molecule has 0 spiro atoms. The molecular weight excluding hydrogens is 325 g/mol. The minimum absolute atomic E-state index is 0.0106. The van der Waals surface area contributed by atoms with Gasteiger partial charge in [0.15, 0.2) is 0 Å². The van der Waals surface area contributed by atoms with Gasteiger partial charge >= 0.3 is 5.69 Å². The molecule has 84 valence electrons. The Morgan fingerprint density at radius 2 is 1.81 bits per heavy atom. The van der Waals surface area contributed by atoms with Gasteiger partial charge in [-0.15, -0.1) is 0 Å². The second kappa shape index (κ2) is 3.58. The Hall–Kier alpha value is -1.38. The van der Waals surface area contributed by atoms with Gasteiger partial charge in [0.2, 0.25) is 5.43 Å². The second-order valence-corrected chi connectivity index (χ2v) is 4.56. The first-order chi connectivity index (χ1) is 7.45. The average molecular weight is 333 g/mol. The van der Waals surface area contributed by atoms with Gasteiger partial charge in [0, 0.05) is 20.3 Å². The van der Waals surface area contributed by atoms with E-state index in [4.69, 9.17) is 0 Å². The van der Waals surface area contributed by atoms with Gasteiger partial charge in [-0.2, -0.15) is 0 Å². The number of aromatic amines is 1. The number of hydrogen-bond donors (Lipinski definition) is 1. The molecule has 2 aromatic rings. The van der Waals surface area contributed by atoms with Gasteiger partial charge in [-0.1, -0.05) is 0 Å². The molecule has 0 aliphatic heterocycles. The van der Waals surface area contributed by atoms with E-state index in [0.29, 0.717) is 3.57 Å². The first-order valence-corrected chi connectivity index (χ1v) is 5.50. The largest absolute Gasteiger partial charge is 0.346 e. The quantitative estimate of drug-likeness (QED) is 0.663. The predicted octanol–water partition coefficient (Wildman–Crippen LogP) is -0.470. The molecule has 2 rings (SSSR count). The Kier molecular flexibility index (Phi) is 2.49. The maximum Gasteiger partial charge on any atom is 0.332 e. The molecule has 0 aromatic carbocycles. The Labute approximate surface area is 103 Å². The molecular formula is C9H8IN3O3. The van der Waals surface area contributed by atoms with Crippen molar-refractivity contribution in [2.24, 2.45) is 14.1 Å². The van der Waals surface area contributed by atoms with E-state index in [9.17, 15) is 14.4 Å². The van der Waals surface area contributed by atoms with Gasteiger partial charge in [-0.05, 0) is 22.6 Å². The van der Waals surface area contributed by atoms with Crippen molar-refractivity contribution in [3.63, 3.8) is 0 Å². The molecule has 0 amide bonds. The van der Waals surface area contributed by atoms with Crippen LogP contribution in [0.25, 0.3) is 11.0 Å². The standard InChI is InChI=1S/C9H8IN3O3/c1-12-7-5(6(14)4(10)3-11-7)8(15)13(2)9(12)16/h3H,1-2H3,(H,11,14). The van der Waals surface area contributed by atoms with E-state index in [1.807, 2.05) is 22.6 Å². The third-order valence-electron chi connectivity index (χ3n) is 2.44. The molecule has 0 radical (unpaired) electrons. The Morgan fingerprint density at radius 3 is 2.44 bits per heavy atom. The highest BCUT2D eigenvalue weighted by atomic mass is 127. The van der Waals surface area contributed by atoms with E-state index >= 15 is 0 Å². The van der Waals surface area contributed by atoms with Crippen LogP contribution in [-0.4, -0.2) is 14.1 Å². The van der Waals surface area contributed by atoms with Crippen LogP contribution < -0.4 is 16.7 Å². The Bertz CT molecular complexity index is 753. The Balaban J connectivity index is 3.30. The fraction of sp³-hybridized carbons (Fsp3) is 0.222. The van der Waals surface area contributed by atoms with Crippen molar-refractivity contribution in [3.05, 3.63) is 40.8 Å². The van der Waals surface area contributed by atoms with Crippen molar-refractivity contribution in [2.75, 3.05) is 0 Å². The fourth-order valence-corrected chi connectivity index (χ4v) is 1.96. The Morgan fingerprint density at radius 1 is 1.19 bits per heavy atom. The summed E-state index contributed by atoms with van der Waals surface area (Å²) in [5.74, 6) is 0. The third-order valence-corrected chi connectivity index (χ3v) is 3.25. The molecule has 7 heteroatoms. The third kappa shape index (κ3) is 1.34. The monoisotopic (exact) mass is 333 g/mol. The fourth-order valence-electron chi connectivity index (χ4n) is 1.53. The lowest BCUT2D eigenvalue weighted by Gasteiger charge is -2.06. The van der Waals surface area contributed by atoms with Crippen LogP contribution in [-0.2, 0) is 14.1 Å². The van der Waals surface area contributed by atoms with E-state index in [1.54, 1.807) is 0 Å². The number of fused-ring (bicyclic) bond motifs is 1. The number of pyridine rings is 1.